The second kappa shape index (κ2) is 9.71. The topological polar surface area (TPSA) is 138 Å². The lowest BCUT2D eigenvalue weighted by atomic mass is 10.0. The second-order valence-electron chi connectivity index (χ2n) is 7.41. The highest BCUT2D eigenvalue weighted by atomic mass is 32.1. The van der Waals surface area contributed by atoms with Gasteiger partial charge in [-0.05, 0) is 23.3 Å². The number of phenolic OH excluding ortho intramolecular Hbond substituents is 1. The number of aromatic nitrogens is 1. The van der Waals surface area contributed by atoms with E-state index in [-0.39, 0.29) is 23.0 Å². The van der Waals surface area contributed by atoms with Crippen LogP contribution in [-0.4, -0.2) is 52.0 Å². The van der Waals surface area contributed by atoms with Crippen LogP contribution in [0.15, 0.2) is 60.0 Å². The quantitative estimate of drug-likeness (QED) is 0.349. The monoisotopic (exact) mass is 480 g/mol. The van der Waals surface area contributed by atoms with Crippen molar-refractivity contribution >= 4 is 40.3 Å². The third-order valence-corrected chi connectivity index (χ3v) is 5.95. The number of anilines is 1. The number of imide groups is 1. The zero-order valence-electron chi connectivity index (χ0n) is 17.9. The van der Waals surface area contributed by atoms with Gasteiger partial charge >= 0.3 is 12.0 Å². The molecule has 0 aliphatic carbocycles. The number of nitrogens with one attached hydrogen (secondary N) is 2. The van der Waals surface area contributed by atoms with Crippen molar-refractivity contribution in [1.29, 1.82) is 0 Å². The van der Waals surface area contributed by atoms with Crippen molar-refractivity contribution in [1.82, 2.24) is 15.2 Å². The van der Waals surface area contributed by atoms with Crippen LogP contribution in [0.5, 0.6) is 5.75 Å². The molecular weight excluding hydrogens is 460 g/mol. The Kier molecular flexibility index (Phi) is 6.55. The Labute approximate surface area is 198 Å². The van der Waals surface area contributed by atoms with Gasteiger partial charge < -0.3 is 20.5 Å². The van der Waals surface area contributed by atoms with Crippen LogP contribution in [-0.2, 0) is 20.7 Å². The number of amides is 4. The smallest absolute Gasteiger partial charge is 0.357 e. The van der Waals surface area contributed by atoms with Crippen LogP contribution in [0.4, 0.5) is 9.93 Å². The Morgan fingerprint density at radius 1 is 1.21 bits per heavy atom. The number of thiazole rings is 1. The largest absolute Gasteiger partial charge is 0.508 e. The number of urea groups is 1. The summed E-state index contributed by atoms with van der Waals surface area (Å²) in [6.07, 6.45) is 0.0633. The van der Waals surface area contributed by atoms with Crippen molar-refractivity contribution in [2.45, 2.75) is 18.5 Å². The molecule has 2 unspecified atom stereocenters. The van der Waals surface area contributed by atoms with Gasteiger partial charge in [0, 0.05) is 11.8 Å². The number of nitrogens with zero attached hydrogens (tertiary/aromatic N) is 2. The summed E-state index contributed by atoms with van der Waals surface area (Å²) in [4.78, 5) is 55.9. The SMILES string of the molecule is COC(=O)c1csc(NC(=O)C(Cc2ccccc2)N2C(=O)NC(c3cccc(O)c3)C2=O)n1. The van der Waals surface area contributed by atoms with Gasteiger partial charge in [0.25, 0.3) is 5.91 Å². The van der Waals surface area contributed by atoms with E-state index in [9.17, 15) is 24.3 Å². The molecule has 1 saturated heterocycles. The minimum Gasteiger partial charge on any atom is -0.508 e. The fraction of sp³-hybridized carbons (Fsp3) is 0.174. The van der Waals surface area contributed by atoms with Gasteiger partial charge in [0.05, 0.1) is 7.11 Å². The summed E-state index contributed by atoms with van der Waals surface area (Å²) in [6, 6.07) is 12.0. The summed E-state index contributed by atoms with van der Waals surface area (Å²) in [5.74, 6) is -1.97. The van der Waals surface area contributed by atoms with Crippen molar-refractivity contribution in [3.8, 4) is 5.75 Å². The molecule has 3 aromatic rings. The fourth-order valence-electron chi connectivity index (χ4n) is 3.58. The molecule has 1 fully saturated rings. The van der Waals surface area contributed by atoms with Crippen LogP contribution >= 0.6 is 11.3 Å². The van der Waals surface area contributed by atoms with Gasteiger partial charge in [0.15, 0.2) is 10.8 Å². The van der Waals surface area contributed by atoms with E-state index in [1.165, 1.54) is 24.6 Å². The van der Waals surface area contributed by atoms with E-state index < -0.39 is 35.9 Å². The van der Waals surface area contributed by atoms with E-state index in [0.29, 0.717) is 5.56 Å². The Morgan fingerprint density at radius 2 is 1.97 bits per heavy atom. The van der Waals surface area contributed by atoms with Crippen molar-refractivity contribution in [3.63, 3.8) is 0 Å². The number of ether oxygens (including phenoxy) is 1. The molecule has 34 heavy (non-hydrogen) atoms. The number of carbonyl (C=O) groups excluding carboxylic acids is 4. The van der Waals surface area contributed by atoms with E-state index in [0.717, 1.165) is 21.8 Å². The number of aromatic hydroxyl groups is 1. The van der Waals surface area contributed by atoms with Gasteiger partial charge in [-0.3, -0.25) is 9.59 Å². The molecule has 0 saturated carbocycles. The van der Waals surface area contributed by atoms with Crippen molar-refractivity contribution in [3.05, 3.63) is 76.8 Å². The number of hydrogen-bond donors (Lipinski definition) is 3. The summed E-state index contributed by atoms with van der Waals surface area (Å²) >= 11 is 1.01. The summed E-state index contributed by atoms with van der Waals surface area (Å²) in [5.41, 5.74) is 1.15. The number of esters is 1. The molecule has 2 aromatic carbocycles. The molecule has 10 nitrogen and oxygen atoms in total. The highest BCUT2D eigenvalue weighted by molar-refractivity contribution is 7.14. The molecular formula is C23H20N4O6S. The normalized spacial score (nSPS) is 16.1. The predicted octanol–water partition coefficient (Wildman–Crippen LogP) is 2.48. The summed E-state index contributed by atoms with van der Waals surface area (Å²) in [5, 5.41) is 16.5. The van der Waals surface area contributed by atoms with E-state index in [1.807, 2.05) is 6.07 Å². The average molecular weight is 481 g/mol. The van der Waals surface area contributed by atoms with E-state index >= 15 is 0 Å². The molecule has 174 valence electrons. The average Bonchev–Trinajstić information content (AvgIpc) is 3.41. The maximum Gasteiger partial charge on any atom is 0.357 e. The first kappa shape index (κ1) is 22.9. The van der Waals surface area contributed by atoms with Crippen LogP contribution in [0.2, 0.25) is 0 Å². The van der Waals surface area contributed by atoms with Crippen LogP contribution in [0.3, 0.4) is 0 Å². The molecule has 11 heteroatoms. The molecule has 4 amide bonds. The first-order chi connectivity index (χ1) is 16.4. The predicted molar refractivity (Wildman–Crippen MR) is 122 cm³/mol. The molecule has 0 bridgehead atoms. The molecule has 0 radical (unpaired) electrons. The van der Waals surface area contributed by atoms with Gasteiger partial charge in [0.1, 0.15) is 17.8 Å². The van der Waals surface area contributed by atoms with Gasteiger partial charge in [-0.2, -0.15) is 0 Å². The van der Waals surface area contributed by atoms with Crippen molar-refractivity contribution in [2.75, 3.05) is 12.4 Å². The Hall–Kier alpha value is -4.25. The van der Waals surface area contributed by atoms with E-state index in [4.69, 9.17) is 0 Å². The summed E-state index contributed by atoms with van der Waals surface area (Å²) in [6.45, 7) is 0. The van der Waals surface area contributed by atoms with E-state index in [1.54, 1.807) is 36.4 Å². The first-order valence-electron chi connectivity index (χ1n) is 10.2. The third kappa shape index (κ3) is 4.74. The fourth-order valence-corrected chi connectivity index (χ4v) is 4.26. The van der Waals surface area contributed by atoms with Crippen LogP contribution in [0, 0.1) is 0 Å². The zero-order chi connectivity index (χ0) is 24.2. The minimum absolute atomic E-state index is 0.0290. The minimum atomic E-state index is -1.19. The number of rotatable bonds is 7. The summed E-state index contributed by atoms with van der Waals surface area (Å²) < 4.78 is 4.62. The molecule has 0 spiro atoms. The maximum atomic E-state index is 13.3. The van der Waals surface area contributed by atoms with Gasteiger partial charge in [0.2, 0.25) is 5.91 Å². The van der Waals surface area contributed by atoms with Crippen molar-refractivity contribution in [2.24, 2.45) is 0 Å². The second-order valence-corrected chi connectivity index (χ2v) is 8.27. The number of carbonyl (C=O) groups is 4. The van der Waals surface area contributed by atoms with Gasteiger partial charge in [-0.25, -0.2) is 19.5 Å². The number of hydrogen-bond acceptors (Lipinski definition) is 8. The Bertz CT molecular complexity index is 1250. The maximum absolute atomic E-state index is 13.3. The molecule has 2 heterocycles. The van der Waals surface area contributed by atoms with Gasteiger partial charge in [-0.1, -0.05) is 42.5 Å². The van der Waals surface area contributed by atoms with Gasteiger partial charge in [-0.15, -0.1) is 11.3 Å². The molecule has 1 aliphatic heterocycles. The first-order valence-corrected chi connectivity index (χ1v) is 11.1. The standard InChI is InChI=1S/C23H20N4O6S/c1-33-21(31)16-12-34-22(24-16)26-19(29)17(10-13-6-3-2-4-7-13)27-20(30)18(25-23(27)32)14-8-5-9-15(28)11-14/h2-9,11-12,17-18,28H,10H2,1H3,(H,25,32)(H,24,26,29). The molecule has 4 rings (SSSR count). The molecule has 2 atom stereocenters. The van der Waals surface area contributed by atoms with Crippen LogP contribution in [0.1, 0.15) is 27.7 Å². The molecule has 1 aromatic heterocycles. The number of methoxy groups -OCH3 is 1. The Balaban J connectivity index is 1.62. The van der Waals surface area contributed by atoms with Crippen molar-refractivity contribution < 1.29 is 29.0 Å². The lowest BCUT2D eigenvalue weighted by Gasteiger charge is -2.24. The zero-order valence-corrected chi connectivity index (χ0v) is 18.7. The third-order valence-electron chi connectivity index (χ3n) is 5.19. The highest BCUT2D eigenvalue weighted by Crippen LogP contribution is 2.28. The summed E-state index contributed by atoms with van der Waals surface area (Å²) in [7, 11) is 1.22. The lowest BCUT2D eigenvalue weighted by molar-refractivity contribution is -0.134. The molecule has 1 aliphatic rings. The highest BCUT2D eigenvalue weighted by Gasteiger charge is 2.45. The van der Waals surface area contributed by atoms with E-state index in [2.05, 4.69) is 20.4 Å². The Morgan fingerprint density at radius 3 is 2.68 bits per heavy atom. The number of benzene rings is 2. The molecule has 3 N–H and O–H groups in total. The number of phenols is 1. The van der Waals surface area contributed by atoms with Crippen LogP contribution in [0.25, 0.3) is 0 Å². The van der Waals surface area contributed by atoms with Crippen LogP contribution < -0.4 is 10.6 Å². The lowest BCUT2D eigenvalue weighted by Crippen LogP contribution is -2.49.